The lowest BCUT2D eigenvalue weighted by Crippen LogP contribution is -2.60. The fourth-order valence-corrected chi connectivity index (χ4v) is 9.43. The van der Waals surface area contributed by atoms with Gasteiger partial charge in [-0.05, 0) is 57.8 Å². The Bertz CT molecular complexity index is 1300. The largest absolute Gasteiger partial charge is 0.394 e. The van der Waals surface area contributed by atoms with Crippen molar-refractivity contribution in [1.29, 1.82) is 0 Å². The maximum atomic E-state index is 13.0. The fraction of sp³-hybridized carbons (Fsp3) is 0.823. The second-order valence-electron chi connectivity index (χ2n) is 20.8. The van der Waals surface area contributed by atoms with Gasteiger partial charge in [0.25, 0.3) is 0 Å². The normalized spacial score (nSPS) is 19.7. The molecule has 6 N–H and O–H groups in total. The van der Waals surface area contributed by atoms with Crippen LogP contribution in [0.3, 0.4) is 0 Å². The van der Waals surface area contributed by atoms with Gasteiger partial charge in [0, 0.05) is 6.42 Å². The number of unbranched alkanes of at least 4 members (excludes halogenated alkanes) is 31. The summed E-state index contributed by atoms with van der Waals surface area (Å²) in [5, 5.41) is 54.4. The predicted molar refractivity (Wildman–Crippen MR) is 299 cm³/mol. The van der Waals surface area contributed by atoms with Crippen LogP contribution in [0.15, 0.2) is 60.8 Å². The van der Waals surface area contributed by atoms with Crippen LogP contribution in [-0.4, -0.2) is 87.5 Å². The van der Waals surface area contributed by atoms with E-state index in [2.05, 4.69) is 79.9 Å². The van der Waals surface area contributed by atoms with Crippen LogP contribution in [0, 0.1) is 0 Å². The first-order valence-corrected chi connectivity index (χ1v) is 30.0. The van der Waals surface area contributed by atoms with Gasteiger partial charge in [-0.1, -0.05) is 267 Å². The lowest BCUT2D eigenvalue weighted by atomic mass is 9.99. The highest BCUT2D eigenvalue weighted by molar-refractivity contribution is 5.76. The summed E-state index contributed by atoms with van der Waals surface area (Å²) in [4.78, 5) is 13.0. The third-order valence-electron chi connectivity index (χ3n) is 14.1. The van der Waals surface area contributed by atoms with Gasteiger partial charge in [-0.2, -0.15) is 0 Å². The number of hydrogen-bond donors (Lipinski definition) is 6. The number of aliphatic hydroxyl groups excluding tert-OH is 5. The van der Waals surface area contributed by atoms with E-state index in [1.165, 1.54) is 173 Å². The van der Waals surface area contributed by atoms with Gasteiger partial charge in [0.15, 0.2) is 6.29 Å². The summed E-state index contributed by atoms with van der Waals surface area (Å²) in [7, 11) is 0. The monoisotopic (exact) mass is 1000 g/mol. The molecule has 1 rings (SSSR count). The van der Waals surface area contributed by atoms with Gasteiger partial charge in [-0.15, -0.1) is 0 Å². The number of ether oxygens (including phenoxy) is 2. The minimum Gasteiger partial charge on any atom is -0.394 e. The van der Waals surface area contributed by atoms with Crippen LogP contribution in [0.5, 0.6) is 0 Å². The van der Waals surface area contributed by atoms with Gasteiger partial charge < -0.3 is 40.3 Å². The van der Waals surface area contributed by atoms with Crippen molar-refractivity contribution >= 4 is 5.91 Å². The van der Waals surface area contributed by atoms with Crippen LogP contribution in [0.25, 0.3) is 0 Å². The van der Waals surface area contributed by atoms with Crippen molar-refractivity contribution in [2.24, 2.45) is 0 Å². The average Bonchev–Trinajstić information content (AvgIpc) is 3.37. The number of carbonyl (C=O) groups excluding carboxylic acids is 1. The van der Waals surface area contributed by atoms with E-state index in [0.29, 0.717) is 12.8 Å². The van der Waals surface area contributed by atoms with Crippen molar-refractivity contribution < 1.29 is 39.8 Å². The van der Waals surface area contributed by atoms with Crippen LogP contribution in [-0.2, 0) is 14.3 Å². The molecular weight excluding hydrogens is 887 g/mol. The molecule has 1 heterocycles. The van der Waals surface area contributed by atoms with Gasteiger partial charge in [-0.25, -0.2) is 0 Å². The molecule has 0 aromatic heterocycles. The Kier molecular flexibility index (Phi) is 48.4. The van der Waals surface area contributed by atoms with E-state index < -0.39 is 49.5 Å². The molecule has 0 aliphatic carbocycles. The molecular formula is C62H113NO8. The number of amides is 1. The highest BCUT2D eigenvalue weighted by atomic mass is 16.7. The van der Waals surface area contributed by atoms with E-state index in [1.54, 1.807) is 0 Å². The Hall–Kier alpha value is -2.11. The number of rotatable bonds is 51. The molecule has 0 saturated carbocycles. The minimum absolute atomic E-state index is 0.136. The maximum absolute atomic E-state index is 13.0. The second kappa shape index (κ2) is 51.4. The van der Waals surface area contributed by atoms with Crippen molar-refractivity contribution in [1.82, 2.24) is 5.32 Å². The molecule has 0 aromatic carbocycles. The smallest absolute Gasteiger partial charge is 0.220 e. The first-order valence-electron chi connectivity index (χ1n) is 30.0. The van der Waals surface area contributed by atoms with Crippen molar-refractivity contribution in [3.63, 3.8) is 0 Å². The zero-order valence-corrected chi connectivity index (χ0v) is 46.0. The Labute approximate surface area is 436 Å². The molecule has 71 heavy (non-hydrogen) atoms. The molecule has 1 saturated heterocycles. The van der Waals surface area contributed by atoms with Gasteiger partial charge in [-0.3, -0.25) is 4.79 Å². The topological polar surface area (TPSA) is 149 Å². The third kappa shape index (κ3) is 40.9. The summed E-state index contributed by atoms with van der Waals surface area (Å²) in [6, 6.07) is -0.716. The summed E-state index contributed by atoms with van der Waals surface area (Å²) in [6.45, 7) is 3.71. The highest BCUT2D eigenvalue weighted by Gasteiger charge is 2.44. The lowest BCUT2D eigenvalue weighted by molar-refractivity contribution is -0.302. The van der Waals surface area contributed by atoms with E-state index in [9.17, 15) is 30.3 Å². The first-order chi connectivity index (χ1) is 34.8. The summed E-state index contributed by atoms with van der Waals surface area (Å²) in [6.07, 6.45) is 63.0. The van der Waals surface area contributed by atoms with Crippen molar-refractivity contribution in [3.05, 3.63) is 60.8 Å². The van der Waals surface area contributed by atoms with E-state index in [1.807, 2.05) is 0 Å². The van der Waals surface area contributed by atoms with Gasteiger partial charge in [0.05, 0.1) is 25.4 Å². The molecule has 0 bridgehead atoms. The standard InChI is InChI=1S/C62H113NO8/c1-3-5-7-9-11-13-14-15-16-17-18-19-20-21-22-23-24-25-26-27-28-29-30-31-32-33-34-35-36-37-38-39-40-41-42-44-46-48-50-52-58(66)63-55(56(65)51-49-47-45-43-12-10-8-6-4-2)54-70-62-61(69)60(68)59(67)57(53-64)71-62/h5,7,11,13,15-16,18-19,21-22,55-57,59-62,64-65,67-69H,3-4,6,8-10,12,14,17,20,23-54H2,1-2H3,(H,63,66)/b7-5-,13-11-,16-15-,19-18-,22-21-. The van der Waals surface area contributed by atoms with Crippen LogP contribution in [0.1, 0.15) is 271 Å². The number of nitrogens with one attached hydrogen (secondary N) is 1. The van der Waals surface area contributed by atoms with Crippen molar-refractivity contribution in [2.75, 3.05) is 13.2 Å². The van der Waals surface area contributed by atoms with E-state index in [0.717, 1.165) is 70.6 Å². The molecule has 0 spiro atoms. The zero-order chi connectivity index (χ0) is 51.5. The quantitative estimate of drug-likeness (QED) is 0.0261. The van der Waals surface area contributed by atoms with Crippen LogP contribution in [0.4, 0.5) is 0 Å². The molecule has 1 aliphatic heterocycles. The van der Waals surface area contributed by atoms with E-state index >= 15 is 0 Å². The molecule has 9 nitrogen and oxygen atoms in total. The van der Waals surface area contributed by atoms with Crippen molar-refractivity contribution in [2.45, 2.75) is 314 Å². The van der Waals surface area contributed by atoms with Crippen LogP contribution >= 0.6 is 0 Å². The molecule has 9 heteroatoms. The maximum Gasteiger partial charge on any atom is 0.220 e. The van der Waals surface area contributed by atoms with Crippen LogP contribution in [0.2, 0.25) is 0 Å². The average molecular weight is 1000 g/mol. The lowest BCUT2D eigenvalue weighted by Gasteiger charge is -2.40. The van der Waals surface area contributed by atoms with Gasteiger partial charge in [0.2, 0.25) is 5.91 Å². The third-order valence-corrected chi connectivity index (χ3v) is 14.1. The molecule has 1 aliphatic rings. The summed E-state index contributed by atoms with van der Waals surface area (Å²) >= 11 is 0. The highest BCUT2D eigenvalue weighted by Crippen LogP contribution is 2.23. The number of hydrogen-bond acceptors (Lipinski definition) is 8. The number of aliphatic hydroxyl groups is 5. The van der Waals surface area contributed by atoms with Crippen molar-refractivity contribution in [3.8, 4) is 0 Å². The fourth-order valence-electron chi connectivity index (χ4n) is 9.43. The Morgan fingerprint density at radius 1 is 0.493 bits per heavy atom. The summed E-state index contributed by atoms with van der Waals surface area (Å²) < 4.78 is 11.3. The number of allylic oxidation sites excluding steroid dienone is 10. The second-order valence-corrected chi connectivity index (χ2v) is 20.8. The van der Waals surface area contributed by atoms with Gasteiger partial charge >= 0.3 is 0 Å². The minimum atomic E-state index is -1.55. The zero-order valence-electron chi connectivity index (χ0n) is 46.0. The van der Waals surface area contributed by atoms with Gasteiger partial charge in [0.1, 0.15) is 24.4 Å². The Balaban J connectivity index is 1.99. The molecule has 0 radical (unpaired) electrons. The molecule has 414 valence electrons. The Morgan fingerprint density at radius 3 is 1.30 bits per heavy atom. The predicted octanol–water partition coefficient (Wildman–Crippen LogP) is 15.1. The number of carbonyl (C=O) groups is 1. The molecule has 1 fully saturated rings. The molecule has 1 amide bonds. The molecule has 7 unspecified atom stereocenters. The van der Waals surface area contributed by atoms with E-state index in [4.69, 9.17) is 9.47 Å². The van der Waals surface area contributed by atoms with E-state index in [-0.39, 0.29) is 12.5 Å². The van der Waals surface area contributed by atoms with Crippen LogP contribution < -0.4 is 5.32 Å². The summed E-state index contributed by atoms with van der Waals surface area (Å²) in [5.41, 5.74) is 0. The molecule has 0 aromatic rings. The summed E-state index contributed by atoms with van der Waals surface area (Å²) in [5.74, 6) is -0.143. The first kappa shape index (κ1) is 66.9. The SMILES string of the molecule is CC/C=C\C/C=C\C/C=C\C/C=C\C/C=C\CCCCCCCCCCCCCCCCCCCCCCCCCC(=O)NC(COC1OC(CO)C(O)C(O)C1O)C(O)CCCCCCCCCCC. The molecule has 7 atom stereocenters. The Morgan fingerprint density at radius 2 is 0.873 bits per heavy atom.